The second-order valence-electron chi connectivity index (χ2n) is 4.63. The molecular weight excluding hydrogens is 204 g/mol. The van der Waals surface area contributed by atoms with E-state index in [1.807, 2.05) is 0 Å². The molecule has 0 saturated heterocycles. The molecule has 0 N–H and O–H groups in total. The van der Waals surface area contributed by atoms with Crippen LogP contribution in [0.4, 0.5) is 0 Å². The summed E-state index contributed by atoms with van der Waals surface area (Å²) in [4.78, 5) is 0. The van der Waals surface area contributed by atoms with Gasteiger partial charge in [-0.1, -0.05) is 49.4 Å². The molecule has 3 aromatic rings. The van der Waals surface area contributed by atoms with Crippen LogP contribution >= 0.6 is 0 Å². The van der Waals surface area contributed by atoms with Crippen LogP contribution in [-0.2, 0) is 6.42 Å². The Morgan fingerprint density at radius 1 is 0.824 bits per heavy atom. The minimum Gasteiger partial charge on any atom is -0.0616 e. The van der Waals surface area contributed by atoms with Crippen LogP contribution in [0, 0.1) is 6.92 Å². The zero-order chi connectivity index (χ0) is 11.8. The molecule has 84 valence electrons. The summed E-state index contributed by atoms with van der Waals surface area (Å²) in [7, 11) is 0. The molecule has 3 rings (SSSR count). The minimum absolute atomic E-state index is 1.10. The lowest BCUT2D eigenvalue weighted by Crippen LogP contribution is -1.85. The molecule has 0 spiro atoms. The molecule has 0 aromatic heterocycles. The molecular formula is C17H16. The van der Waals surface area contributed by atoms with Gasteiger partial charge in [-0.15, -0.1) is 0 Å². The SMILES string of the molecule is CCc1ccc2c(C)c3ccccc3cc2c1. The van der Waals surface area contributed by atoms with E-state index in [1.165, 1.54) is 32.7 Å². The highest BCUT2D eigenvalue weighted by molar-refractivity contribution is 6.02. The zero-order valence-corrected chi connectivity index (χ0v) is 10.3. The van der Waals surface area contributed by atoms with Crippen LogP contribution in [0.3, 0.4) is 0 Å². The van der Waals surface area contributed by atoms with Gasteiger partial charge >= 0.3 is 0 Å². The number of hydrogen-bond acceptors (Lipinski definition) is 0. The number of benzene rings is 3. The van der Waals surface area contributed by atoms with Crippen molar-refractivity contribution in [2.45, 2.75) is 20.3 Å². The van der Waals surface area contributed by atoms with Gasteiger partial charge in [0.15, 0.2) is 0 Å². The lowest BCUT2D eigenvalue weighted by molar-refractivity contribution is 1.15. The fourth-order valence-electron chi connectivity index (χ4n) is 2.57. The average molecular weight is 220 g/mol. The normalized spacial score (nSPS) is 11.2. The molecule has 0 radical (unpaired) electrons. The van der Waals surface area contributed by atoms with Crippen LogP contribution in [-0.4, -0.2) is 0 Å². The van der Waals surface area contributed by atoms with E-state index in [9.17, 15) is 0 Å². The molecule has 0 aliphatic heterocycles. The van der Waals surface area contributed by atoms with Crippen LogP contribution in [0.5, 0.6) is 0 Å². The van der Waals surface area contributed by atoms with Crippen molar-refractivity contribution >= 4 is 21.5 Å². The monoisotopic (exact) mass is 220 g/mol. The highest BCUT2D eigenvalue weighted by Gasteiger charge is 2.03. The summed E-state index contributed by atoms with van der Waals surface area (Å²) >= 11 is 0. The topological polar surface area (TPSA) is 0 Å². The van der Waals surface area contributed by atoms with E-state index in [0.717, 1.165) is 6.42 Å². The fraction of sp³-hybridized carbons (Fsp3) is 0.176. The smallest absolute Gasteiger partial charge is 0.0148 e. The molecule has 0 heteroatoms. The molecule has 0 heterocycles. The summed E-state index contributed by atoms with van der Waals surface area (Å²) in [6.45, 7) is 4.42. The Balaban J connectivity index is 2.45. The largest absolute Gasteiger partial charge is 0.0616 e. The van der Waals surface area contributed by atoms with Gasteiger partial charge in [-0.3, -0.25) is 0 Å². The molecule has 0 nitrogen and oxygen atoms in total. The molecule has 0 saturated carbocycles. The maximum atomic E-state index is 2.31. The Morgan fingerprint density at radius 2 is 1.59 bits per heavy atom. The number of aryl methyl sites for hydroxylation is 2. The van der Waals surface area contributed by atoms with E-state index < -0.39 is 0 Å². The maximum absolute atomic E-state index is 2.31. The van der Waals surface area contributed by atoms with Gasteiger partial charge < -0.3 is 0 Å². The van der Waals surface area contributed by atoms with Crippen LogP contribution < -0.4 is 0 Å². The van der Waals surface area contributed by atoms with E-state index >= 15 is 0 Å². The molecule has 0 amide bonds. The highest BCUT2D eigenvalue weighted by atomic mass is 14.1. The van der Waals surface area contributed by atoms with Crippen molar-refractivity contribution in [2.24, 2.45) is 0 Å². The average Bonchev–Trinajstić information content (AvgIpc) is 2.38. The Kier molecular flexibility index (Phi) is 2.36. The van der Waals surface area contributed by atoms with Crippen LogP contribution in [0.15, 0.2) is 48.5 Å². The standard InChI is InChI=1S/C17H16/c1-3-13-8-9-17-12(2)16-7-5-4-6-14(16)11-15(17)10-13/h4-11H,3H2,1-2H3. The third-order valence-electron chi connectivity index (χ3n) is 3.60. The first kappa shape index (κ1) is 10.3. The lowest BCUT2D eigenvalue weighted by Gasteiger charge is -2.08. The lowest BCUT2D eigenvalue weighted by atomic mass is 9.96. The Hall–Kier alpha value is -1.82. The molecule has 0 atom stereocenters. The molecule has 0 fully saturated rings. The van der Waals surface area contributed by atoms with E-state index in [2.05, 4.69) is 62.4 Å². The van der Waals surface area contributed by atoms with Crippen molar-refractivity contribution in [3.05, 3.63) is 59.7 Å². The number of hydrogen-bond donors (Lipinski definition) is 0. The van der Waals surface area contributed by atoms with Crippen LogP contribution in [0.1, 0.15) is 18.1 Å². The second kappa shape index (κ2) is 3.89. The van der Waals surface area contributed by atoms with Crippen molar-refractivity contribution < 1.29 is 0 Å². The van der Waals surface area contributed by atoms with Gasteiger partial charge in [0.2, 0.25) is 0 Å². The van der Waals surface area contributed by atoms with Crippen molar-refractivity contribution in [1.82, 2.24) is 0 Å². The maximum Gasteiger partial charge on any atom is -0.0148 e. The fourth-order valence-corrected chi connectivity index (χ4v) is 2.57. The predicted molar refractivity (Wildman–Crippen MR) is 75.6 cm³/mol. The number of fused-ring (bicyclic) bond motifs is 2. The van der Waals surface area contributed by atoms with E-state index in [4.69, 9.17) is 0 Å². The Bertz CT molecular complexity index is 693. The first-order chi connectivity index (χ1) is 8.29. The van der Waals surface area contributed by atoms with E-state index in [-0.39, 0.29) is 0 Å². The Morgan fingerprint density at radius 3 is 2.41 bits per heavy atom. The first-order valence-electron chi connectivity index (χ1n) is 6.20. The van der Waals surface area contributed by atoms with Crippen molar-refractivity contribution in [1.29, 1.82) is 0 Å². The highest BCUT2D eigenvalue weighted by Crippen LogP contribution is 2.28. The van der Waals surface area contributed by atoms with Gasteiger partial charge in [-0.2, -0.15) is 0 Å². The third kappa shape index (κ3) is 1.61. The van der Waals surface area contributed by atoms with Gasteiger partial charge in [0, 0.05) is 0 Å². The quantitative estimate of drug-likeness (QED) is 0.513. The first-order valence-corrected chi connectivity index (χ1v) is 6.20. The van der Waals surface area contributed by atoms with Gasteiger partial charge in [-0.25, -0.2) is 0 Å². The summed E-state index contributed by atoms with van der Waals surface area (Å²) in [5, 5.41) is 5.44. The van der Waals surface area contributed by atoms with Crippen molar-refractivity contribution in [3.63, 3.8) is 0 Å². The van der Waals surface area contributed by atoms with Gasteiger partial charge in [-0.05, 0) is 52.1 Å². The molecule has 0 bridgehead atoms. The van der Waals surface area contributed by atoms with Gasteiger partial charge in [0.05, 0.1) is 0 Å². The minimum atomic E-state index is 1.10. The van der Waals surface area contributed by atoms with E-state index in [0.29, 0.717) is 0 Å². The Labute approximate surface area is 102 Å². The summed E-state index contributed by atoms with van der Waals surface area (Å²) < 4.78 is 0. The predicted octanol–water partition coefficient (Wildman–Crippen LogP) is 4.86. The third-order valence-corrected chi connectivity index (χ3v) is 3.60. The molecule has 0 aliphatic rings. The van der Waals surface area contributed by atoms with Crippen LogP contribution in [0.2, 0.25) is 0 Å². The second-order valence-corrected chi connectivity index (χ2v) is 4.63. The van der Waals surface area contributed by atoms with Crippen LogP contribution in [0.25, 0.3) is 21.5 Å². The summed E-state index contributed by atoms with van der Waals surface area (Å²) in [6, 6.07) is 17.7. The summed E-state index contributed by atoms with van der Waals surface area (Å²) in [5.41, 5.74) is 2.80. The molecule has 0 unspecified atom stereocenters. The number of rotatable bonds is 1. The molecule has 17 heavy (non-hydrogen) atoms. The summed E-state index contributed by atoms with van der Waals surface area (Å²) in [6.07, 6.45) is 1.10. The molecule has 0 aliphatic carbocycles. The zero-order valence-electron chi connectivity index (χ0n) is 10.3. The van der Waals surface area contributed by atoms with Gasteiger partial charge in [0.1, 0.15) is 0 Å². The van der Waals surface area contributed by atoms with Gasteiger partial charge in [0.25, 0.3) is 0 Å². The van der Waals surface area contributed by atoms with Crippen molar-refractivity contribution in [2.75, 3.05) is 0 Å². The van der Waals surface area contributed by atoms with E-state index in [1.54, 1.807) is 0 Å². The summed E-state index contributed by atoms with van der Waals surface area (Å²) in [5.74, 6) is 0. The van der Waals surface area contributed by atoms with Crippen molar-refractivity contribution in [3.8, 4) is 0 Å². The molecule has 3 aromatic carbocycles.